The van der Waals surface area contributed by atoms with Gasteiger partial charge in [-0.05, 0) is 26.3 Å². The van der Waals surface area contributed by atoms with Crippen LogP contribution in [0.4, 0.5) is 0 Å². The van der Waals surface area contributed by atoms with E-state index in [9.17, 15) is 4.79 Å². The zero-order valence-electron chi connectivity index (χ0n) is 12.5. The zero-order chi connectivity index (χ0) is 15.5. The fourth-order valence-electron chi connectivity index (χ4n) is 1.74. The molecule has 6 heteroatoms. The van der Waals surface area contributed by atoms with Crippen molar-refractivity contribution in [3.05, 3.63) is 47.6 Å². The maximum Gasteiger partial charge on any atom is 0.248 e. The second kappa shape index (κ2) is 6.05. The Labute approximate surface area is 123 Å². The fourth-order valence-corrected chi connectivity index (χ4v) is 1.74. The molecule has 3 N–H and O–H groups in total. The third-order valence-corrected chi connectivity index (χ3v) is 2.99. The van der Waals surface area contributed by atoms with E-state index in [1.807, 2.05) is 30.3 Å². The predicted octanol–water partition coefficient (Wildman–Crippen LogP) is 1.57. The number of hydrogen-bond donors (Lipinski definition) is 2. The number of carbonyl (C=O) groups is 1. The molecule has 0 aliphatic rings. The van der Waals surface area contributed by atoms with E-state index in [1.54, 1.807) is 20.8 Å². The molecule has 112 valence electrons. The number of nitrogens with zero attached hydrogens (tertiary/aromatic N) is 2. The zero-order valence-corrected chi connectivity index (χ0v) is 12.5. The number of nitrogens with two attached hydrogens (primary N) is 1. The lowest BCUT2D eigenvalue weighted by atomic mass is 10.1. The van der Waals surface area contributed by atoms with Gasteiger partial charge in [0.2, 0.25) is 11.8 Å². The van der Waals surface area contributed by atoms with Gasteiger partial charge in [-0.3, -0.25) is 4.79 Å². The quantitative estimate of drug-likeness (QED) is 0.871. The Kier molecular flexibility index (Phi) is 4.37. The molecule has 0 spiro atoms. The molecule has 0 fully saturated rings. The minimum absolute atomic E-state index is 0.266. The molecule has 1 atom stereocenters. The van der Waals surface area contributed by atoms with Gasteiger partial charge in [0.25, 0.3) is 0 Å². The second-order valence-electron chi connectivity index (χ2n) is 5.63. The van der Waals surface area contributed by atoms with Gasteiger partial charge in [-0.2, -0.15) is 4.98 Å². The number of hydrogen-bond acceptors (Lipinski definition) is 5. The van der Waals surface area contributed by atoms with Crippen molar-refractivity contribution in [2.24, 2.45) is 5.73 Å². The first kappa shape index (κ1) is 15.2. The molecule has 1 unspecified atom stereocenters. The van der Waals surface area contributed by atoms with E-state index < -0.39 is 5.54 Å². The molecular weight excluding hydrogens is 268 g/mol. The lowest BCUT2D eigenvalue weighted by Crippen LogP contribution is -2.49. The Hall–Kier alpha value is -2.21. The molecule has 0 saturated heterocycles. The minimum Gasteiger partial charge on any atom is -0.343 e. The molecule has 0 saturated carbocycles. The van der Waals surface area contributed by atoms with E-state index in [4.69, 9.17) is 10.3 Å². The summed E-state index contributed by atoms with van der Waals surface area (Å²) in [6.45, 7) is 5.07. The summed E-state index contributed by atoms with van der Waals surface area (Å²) < 4.78 is 5.20. The van der Waals surface area contributed by atoms with Crippen molar-refractivity contribution in [2.75, 3.05) is 0 Å². The van der Waals surface area contributed by atoms with Crippen molar-refractivity contribution < 1.29 is 9.32 Å². The third-order valence-electron chi connectivity index (χ3n) is 2.99. The summed E-state index contributed by atoms with van der Waals surface area (Å²) >= 11 is 0. The van der Waals surface area contributed by atoms with E-state index in [1.165, 1.54) is 0 Å². The summed E-state index contributed by atoms with van der Waals surface area (Å²) in [7, 11) is 0. The van der Waals surface area contributed by atoms with Crippen molar-refractivity contribution in [1.29, 1.82) is 0 Å². The van der Waals surface area contributed by atoms with E-state index in [2.05, 4.69) is 15.5 Å². The summed E-state index contributed by atoms with van der Waals surface area (Å²) in [5, 5.41) is 6.69. The monoisotopic (exact) mass is 288 g/mol. The first-order chi connectivity index (χ1) is 9.86. The van der Waals surface area contributed by atoms with Crippen LogP contribution in [0.25, 0.3) is 0 Å². The van der Waals surface area contributed by atoms with Gasteiger partial charge in [0.1, 0.15) is 6.04 Å². The Balaban J connectivity index is 2.01. The molecular formula is C15H20N4O2. The summed E-state index contributed by atoms with van der Waals surface area (Å²) in [5.41, 5.74) is 5.89. The van der Waals surface area contributed by atoms with Crippen molar-refractivity contribution in [3.63, 3.8) is 0 Å². The van der Waals surface area contributed by atoms with Crippen LogP contribution in [0.2, 0.25) is 0 Å². The van der Waals surface area contributed by atoms with Crippen LogP contribution in [-0.2, 0) is 11.2 Å². The Morgan fingerprint density at radius 3 is 2.67 bits per heavy atom. The van der Waals surface area contributed by atoms with Crippen LogP contribution in [0.1, 0.15) is 44.1 Å². The van der Waals surface area contributed by atoms with Gasteiger partial charge in [-0.1, -0.05) is 35.5 Å². The van der Waals surface area contributed by atoms with Crippen LogP contribution in [0.3, 0.4) is 0 Å². The highest BCUT2D eigenvalue weighted by Crippen LogP contribution is 2.13. The Bertz CT molecular complexity index is 602. The highest BCUT2D eigenvalue weighted by atomic mass is 16.5. The first-order valence-corrected chi connectivity index (χ1v) is 6.82. The highest BCUT2D eigenvalue weighted by molar-refractivity contribution is 5.85. The van der Waals surface area contributed by atoms with Gasteiger partial charge >= 0.3 is 0 Å². The standard InChI is InChI=1S/C15H20N4O2/c1-10(17-14(20)15(2,3)16)13-18-12(19-21-13)9-11-7-5-4-6-8-11/h4-8,10H,9,16H2,1-3H3,(H,17,20). The van der Waals surface area contributed by atoms with Crippen molar-refractivity contribution in [1.82, 2.24) is 15.5 Å². The lowest BCUT2D eigenvalue weighted by Gasteiger charge is -2.19. The molecule has 6 nitrogen and oxygen atoms in total. The molecule has 1 amide bonds. The summed E-state index contributed by atoms with van der Waals surface area (Å²) in [5.74, 6) is 0.695. The summed E-state index contributed by atoms with van der Waals surface area (Å²) in [6, 6.07) is 9.50. The SMILES string of the molecule is CC(NC(=O)C(C)(C)N)c1nc(Cc2ccccc2)no1. The number of nitrogens with one attached hydrogen (secondary N) is 1. The van der Waals surface area contributed by atoms with E-state index in [-0.39, 0.29) is 11.9 Å². The number of carbonyl (C=O) groups excluding carboxylic acids is 1. The normalized spacial score (nSPS) is 13.0. The first-order valence-electron chi connectivity index (χ1n) is 6.82. The highest BCUT2D eigenvalue weighted by Gasteiger charge is 2.25. The van der Waals surface area contributed by atoms with Crippen LogP contribution in [0, 0.1) is 0 Å². The molecule has 21 heavy (non-hydrogen) atoms. The van der Waals surface area contributed by atoms with Gasteiger partial charge in [0.05, 0.1) is 5.54 Å². The van der Waals surface area contributed by atoms with E-state index in [0.717, 1.165) is 5.56 Å². The lowest BCUT2D eigenvalue weighted by molar-refractivity contribution is -0.126. The molecule has 0 aliphatic heterocycles. The van der Waals surface area contributed by atoms with E-state index in [0.29, 0.717) is 18.1 Å². The van der Waals surface area contributed by atoms with Crippen LogP contribution in [0.5, 0.6) is 0 Å². The molecule has 0 aliphatic carbocycles. The maximum absolute atomic E-state index is 11.8. The summed E-state index contributed by atoms with van der Waals surface area (Å²) in [6.07, 6.45) is 0.591. The Morgan fingerprint density at radius 2 is 2.05 bits per heavy atom. The Morgan fingerprint density at radius 1 is 1.38 bits per heavy atom. The van der Waals surface area contributed by atoms with Crippen LogP contribution < -0.4 is 11.1 Å². The molecule has 2 rings (SSSR count). The van der Waals surface area contributed by atoms with Gasteiger partial charge in [0.15, 0.2) is 5.82 Å². The fraction of sp³-hybridized carbons (Fsp3) is 0.400. The molecule has 1 aromatic heterocycles. The number of amides is 1. The maximum atomic E-state index is 11.8. The third kappa shape index (κ3) is 4.13. The van der Waals surface area contributed by atoms with Gasteiger partial charge in [-0.15, -0.1) is 0 Å². The van der Waals surface area contributed by atoms with Crippen molar-refractivity contribution in [3.8, 4) is 0 Å². The molecule has 2 aromatic rings. The number of aromatic nitrogens is 2. The van der Waals surface area contributed by atoms with Crippen molar-refractivity contribution in [2.45, 2.75) is 38.8 Å². The van der Waals surface area contributed by atoms with Gasteiger partial charge in [0, 0.05) is 6.42 Å². The molecule has 0 radical (unpaired) electrons. The molecule has 1 aromatic carbocycles. The topological polar surface area (TPSA) is 94.0 Å². The average molecular weight is 288 g/mol. The van der Waals surface area contributed by atoms with Crippen LogP contribution in [0.15, 0.2) is 34.9 Å². The minimum atomic E-state index is -0.943. The van der Waals surface area contributed by atoms with Crippen molar-refractivity contribution >= 4 is 5.91 Å². The summed E-state index contributed by atoms with van der Waals surface area (Å²) in [4.78, 5) is 16.1. The number of benzene rings is 1. The van der Waals surface area contributed by atoms with Crippen LogP contribution in [-0.4, -0.2) is 21.6 Å². The number of rotatable bonds is 5. The molecule has 0 bridgehead atoms. The largest absolute Gasteiger partial charge is 0.343 e. The second-order valence-corrected chi connectivity index (χ2v) is 5.63. The van der Waals surface area contributed by atoms with Gasteiger partial charge in [-0.25, -0.2) is 0 Å². The smallest absolute Gasteiger partial charge is 0.248 e. The van der Waals surface area contributed by atoms with E-state index >= 15 is 0 Å². The molecule has 1 heterocycles. The van der Waals surface area contributed by atoms with Crippen LogP contribution >= 0.6 is 0 Å². The predicted molar refractivity (Wildman–Crippen MR) is 78.4 cm³/mol. The average Bonchev–Trinajstić information content (AvgIpc) is 2.87. The van der Waals surface area contributed by atoms with Gasteiger partial charge < -0.3 is 15.6 Å².